The molecule has 0 aliphatic heterocycles. The van der Waals surface area contributed by atoms with E-state index in [4.69, 9.17) is 5.73 Å². The molecule has 0 bridgehead atoms. The number of guanidine groups is 1. The highest BCUT2D eigenvalue weighted by molar-refractivity contribution is 14.0. The van der Waals surface area contributed by atoms with Crippen LogP contribution in [0.5, 0.6) is 0 Å². The summed E-state index contributed by atoms with van der Waals surface area (Å²) in [7, 11) is -3.47. The van der Waals surface area contributed by atoms with Gasteiger partial charge in [-0.05, 0) is 37.8 Å². The molecule has 6 nitrogen and oxygen atoms in total. The molecule has 23 heavy (non-hydrogen) atoms. The van der Waals surface area contributed by atoms with Crippen molar-refractivity contribution in [1.29, 1.82) is 0 Å². The lowest BCUT2D eigenvalue weighted by Gasteiger charge is -2.23. The van der Waals surface area contributed by atoms with Crippen LogP contribution in [0.2, 0.25) is 0 Å². The lowest BCUT2D eigenvalue weighted by molar-refractivity contribution is 0.326. The SMILES string of the molecule is Cc1ccc(S(=O)(=O)NCCNC(N)=NCC2CCC2)cc1.I. The molecule has 0 unspecified atom stereocenters. The molecule has 130 valence electrons. The first kappa shape index (κ1) is 20.2. The summed E-state index contributed by atoms with van der Waals surface area (Å²) in [5.74, 6) is 1.04. The smallest absolute Gasteiger partial charge is 0.240 e. The van der Waals surface area contributed by atoms with Gasteiger partial charge in [0, 0.05) is 19.6 Å². The van der Waals surface area contributed by atoms with Gasteiger partial charge in [0.2, 0.25) is 10.0 Å². The van der Waals surface area contributed by atoms with Crippen LogP contribution in [0.4, 0.5) is 0 Å². The third-order valence-corrected chi connectivity index (χ3v) is 5.28. The molecule has 0 heterocycles. The summed E-state index contributed by atoms with van der Waals surface area (Å²) in [6, 6.07) is 6.74. The first-order valence-electron chi connectivity index (χ1n) is 7.57. The van der Waals surface area contributed by atoms with Gasteiger partial charge in [-0.2, -0.15) is 0 Å². The highest BCUT2D eigenvalue weighted by Crippen LogP contribution is 2.26. The zero-order valence-electron chi connectivity index (χ0n) is 13.3. The Morgan fingerprint density at radius 1 is 1.26 bits per heavy atom. The highest BCUT2D eigenvalue weighted by Gasteiger charge is 2.16. The van der Waals surface area contributed by atoms with Crippen molar-refractivity contribution in [1.82, 2.24) is 10.0 Å². The Hall–Kier alpha value is -0.870. The van der Waals surface area contributed by atoms with Crippen LogP contribution in [0.3, 0.4) is 0 Å². The molecule has 1 aliphatic carbocycles. The molecule has 0 atom stereocenters. The van der Waals surface area contributed by atoms with Gasteiger partial charge >= 0.3 is 0 Å². The van der Waals surface area contributed by atoms with Crippen molar-refractivity contribution in [2.75, 3.05) is 19.6 Å². The number of aliphatic imine (C=N–C) groups is 1. The van der Waals surface area contributed by atoms with Gasteiger partial charge in [0.15, 0.2) is 5.96 Å². The summed E-state index contributed by atoms with van der Waals surface area (Å²) in [5, 5.41) is 2.92. The monoisotopic (exact) mass is 452 g/mol. The predicted molar refractivity (Wildman–Crippen MR) is 104 cm³/mol. The second kappa shape index (κ2) is 9.43. The Bertz CT molecular complexity index is 613. The van der Waals surface area contributed by atoms with E-state index in [0.717, 1.165) is 12.1 Å². The Labute approximate surface area is 155 Å². The number of aryl methyl sites for hydroxylation is 1. The lowest BCUT2D eigenvalue weighted by Crippen LogP contribution is -2.38. The molecule has 0 aromatic heterocycles. The van der Waals surface area contributed by atoms with Crippen molar-refractivity contribution in [3.63, 3.8) is 0 Å². The van der Waals surface area contributed by atoms with Gasteiger partial charge in [0.25, 0.3) is 0 Å². The van der Waals surface area contributed by atoms with E-state index in [-0.39, 0.29) is 35.4 Å². The quantitative estimate of drug-likeness (QED) is 0.254. The molecule has 1 fully saturated rings. The van der Waals surface area contributed by atoms with Gasteiger partial charge in [0.1, 0.15) is 0 Å². The minimum absolute atomic E-state index is 0. The molecule has 1 aromatic carbocycles. The maximum Gasteiger partial charge on any atom is 0.240 e. The number of hydrogen-bond donors (Lipinski definition) is 3. The van der Waals surface area contributed by atoms with E-state index >= 15 is 0 Å². The maximum absolute atomic E-state index is 12.0. The van der Waals surface area contributed by atoms with E-state index < -0.39 is 10.0 Å². The first-order chi connectivity index (χ1) is 10.5. The summed E-state index contributed by atoms with van der Waals surface area (Å²) in [5.41, 5.74) is 6.76. The van der Waals surface area contributed by atoms with Gasteiger partial charge in [-0.25, -0.2) is 13.1 Å². The number of sulfonamides is 1. The topological polar surface area (TPSA) is 96.6 Å². The van der Waals surface area contributed by atoms with Gasteiger partial charge in [-0.15, -0.1) is 24.0 Å². The second-order valence-electron chi connectivity index (χ2n) is 5.66. The standard InChI is InChI=1S/C15H24N4O2S.HI/c1-12-5-7-14(8-6-12)22(20,21)19-10-9-17-15(16)18-11-13-3-2-4-13;/h5-8,13,19H,2-4,9-11H2,1H3,(H3,16,17,18);1H. The molecule has 4 N–H and O–H groups in total. The van der Waals surface area contributed by atoms with E-state index in [0.29, 0.717) is 18.4 Å². The molecular weight excluding hydrogens is 427 g/mol. The number of nitrogens with two attached hydrogens (primary N) is 1. The van der Waals surface area contributed by atoms with Crippen molar-refractivity contribution in [2.45, 2.75) is 31.1 Å². The van der Waals surface area contributed by atoms with Crippen molar-refractivity contribution in [3.8, 4) is 0 Å². The number of nitrogens with one attached hydrogen (secondary N) is 2. The van der Waals surface area contributed by atoms with E-state index in [1.807, 2.05) is 6.92 Å². The number of hydrogen-bond acceptors (Lipinski definition) is 3. The normalized spacial score (nSPS) is 15.6. The Balaban J connectivity index is 0.00000264. The zero-order valence-corrected chi connectivity index (χ0v) is 16.4. The largest absolute Gasteiger partial charge is 0.370 e. The van der Waals surface area contributed by atoms with Crippen LogP contribution in [-0.2, 0) is 10.0 Å². The van der Waals surface area contributed by atoms with E-state index in [9.17, 15) is 8.42 Å². The lowest BCUT2D eigenvalue weighted by atomic mass is 9.86. The Kier molecular flexibility index (Phi) is 8.27. The molecular formula is C15H25IN4O2S. The Morgan fingerprint density at radius 2 is 1.91 bits per heavy atom. The molecule has 1 aliphatic rings. The molecule has 2 rings (SSSR count). The highest BCUT2D eigenvalue weighted by atomic mass is 127. The number of halogens is 1. The van der Waals surface area contributed by atoms with Gasteiger partial charge in [-0.1, -0.05) is 24.1 Å². The first-order valence-corrected chi connectivity index (χ1v) is 9.06. The molecule has 0 saturated heterocycles. The van der Waals surface area contributed by atoms with Crippen LogP contribution in [-0.4, -0.2) is 34.0 Å². The van der Waals surface area contributed by atoms with Crippen LogP contribution >= 0.6 is 24.0 Å². The van der Waals surface area contributed by atoms with Crippen LogP contribution in [0.25, 0.3) is 0 Å². The van der Waals surface area contributed by atoms with Crippen molar-refractivity contribution in [2.24, 2.45) is 16.6 Å². The average molecular weight is 452 g/mol. The van der Waals surface area contributed by atoms with E-state index in [1.54, 1.807) is 24.3 Å². The third-order valence-electron chi connectivity index (χ3n) is 3.80. The fraction of sp³-hybridized carbons (Fsp3) is 0.533. The van der Waals surface area contributed by atoms with Gasteiger partial charge in [-0.3, -0.25) is 4.99 Å². The summed E-state index contributed by atoms with van der Waals surface area (Å²) < 4.78 is 26.6. The average Bonchev–Trinajstić information content (AvgIpc) is 2.42. The molecule has 1 saturated carbocycles. The molecule has 0 amide bonds. The summed E-state index contributed by atoms with van der Waals surface area (Å²) in [4.78, 5) is 4.52. The number of benzene rings is 1. The van der Waals surface area contributed by atoms with E-state index in [1.165, 1.54) is 19.3 Å². The summed E-state index contributed by atoms with van der Waals surface area (Å²) in [6.45, 7) is 3.34. The second-order valence-corrected chi connectivity index (χ2v) is 7.43. The predicted octanol–water partition coefficient (Wildman–Crippen LogP) is 1.60. The van der Waals surface area contributed by atoms with Crippen molar-refractivity contribution >= 4 is 40.0 Å². The van der Waals surface area contributed by atoms with Crippen LogP contribution < -0.4 is 15.8 Å². The van der Waals surface area contributed by atoms with Gasteiger partial charge < -0.3 is 11.1 Å². The molecule has 0 spiro atoms. The maximum atomic E-state index is 12.0. The zero-order chi connectivity index (χ0) is 16.0. The Morgan fingerprint density at radius 3 is 2.48 bits per heavy atom. The van der Waals surface area contributed by atoms with Crippen LogP contribution in [0.1, 0.15) is 24.8 Å². The molecule has 8 heteroatoms. The minimum Gasteiger partial charge on any atom is -0.370 e. The third kappa shape index (κ3) is 6.64. The fourth-order valence-corrected chi connectivity index (χ4v) is 3.17. The number of nitrogens with zero attached hydrogens (tertiary/aromatic N) is 1. The number of rotatable bonds is 7. The molecule has 1 aromatic rings. The summed E-state index contributed by atoms with van der Waals surface area (Å²) >= 11 is 0. The molecule has 0 radical (unpaired) electrons. The van der Waals surface area contributed by atoms with Gasteiger partial charge in [0.05, 0.1) is 4.90 Å². The minimum atomic E-state index is -3.47. The van der Waals surface area contributed by atoms with Crippen LogP contribution in [0.15, 0.2) is 34.2 Å². The fourth-order valence-electron chi connectivity index (χ4n) is 2.14. The van der Waals surface area contributed by atoms with Crippen molar-refractivity contribution < 1.29 is 8.42 Å². The van der Waals surface area contributed by atoms with Crippen molar-refractivity contribution in [3.05, 3.63) is 29.8 Å². The summed E-state index contributed by atoms with van der Waals surface area (Å²) in [6.07, 6.45) is 3.74. The van der Waals surface area contributed by atoms with Crippen LogP contribution in [0, 0.1) is 12.8 Å². The van der Waals surface area contributed by atoms with E-state index in [2.05, 4.69) is 15.0 Å².